The largest absolute Gasteiger partial charge is 0.324 e. The topological polar surface area (TPSA) is 43.8 Å². The molecule has 0 aliphatic heterocycles. The van der Waals surface area contributed by atoms with Crippen LogP contribution in [0.15, 0.2) is 36.9 Å². The maximum absolute atomic E-state index is 6.16. The molecule has 0 unspecified atom stereocenters. The van der Waals surface area contributed by atoms with Gasteiger partial charge in [-0.2, -0.15) is 0 Å². The third kappa shape index (κ3) is 2.03. The minimum Gasteiger partial charge on any atom is -0.324 e. The molecule has 0 spiro atoms. The van der Waals surface area contributed by atoms with Crippen LogP contribution in [0.2, 0.25) is 5.02 Å². The van der Waals surface area contributed by atoms with Crippen molar-refractivity contribution in [3.8, 4) is 5.69 Å². The van der Waals surface area contributed by atoms with Crippen molar-refractivity contribution in [2.24, 2.45) is 5.73 Å². The third-order valence-corrected chi connectivity index (χ3v) is 2.58. The molecule has 15 heavy (non-hydrogen) atoms. The van der Waals surface area contributed by atoms with Crippen LogP contribution in [0.5, 0.6) is 0 Å². The summed E-state index contributed by atoms with van der Waals surface area (Å²) in [6.45, 7) is 1.93. The molecule has 0 saturated heterocycles. The summed E-state index contributed by atoms with van der Waals surface area (Å²) in [4.78, 5) is 3.98. The van der Waals surface area contributed by atoms with Gasteiger partial charge in [0, 0.05) is 18.4 Å². The zero-order valence-corrected chi connectivity index (χ0v) is 9.15. The van der Waals surface area contributed by atoms with Gasteiger partial charge in [-0.3, -0.25) is 0 Å². The first-order valence-corrected chi connectivity index (χ1v) is 5.09. The Hall–Kier alpha value is -1.32. The van der Waals surface area contributed by atoms with E-state index in [1.54, 1.807) is 12.5 Å². The van der Waals surface area contributed by atoms with Gasteiger partial charge in [0.2, 0.25) is 0 Å². The molecule has 4 heteroatoms. The first-order chi connectivity index (χ1) is 7.18. The Labute approximate surface area is 93.5 Å². The minimum absolute atomic E-state index is 0.000614. The van der Waals surface area contributed by atoms with Gasteiger partial charge in [0.05, 0.1) is 17.0 Å². The van der Waals surface area contributed by atoms with Gasteiger partial charge in [0.15, 0.2) is 0 Å². The van der Waals surface area contributed by atoms with Gasteiger partial charge in [-0.25, -0.2) is 4.98 Å². The van der Waals surface area contributed by atoms with Crippen molar-refractivity contribution in [2.75, 3.05) is 0 Å². The summed E-state index contributed by atoms with van der Waals surface area (Å²) < 4.78 is 1.87. The van der Waals surface area contributed by atoms with Gasteiger partial charge >= 0.3 is 0 Å². The highest BCUT2D eigenvalue weighted by Gasteiger charge is 2.05. The van der Waals surface area contributed by atoms with Crippen molar-refractivity contribution < 1.29 is 0 Å². The number of aromatic nitrogens is 2. The lowest BCUT2D eigenvalue weighted by Crippen LogP contribution is -2.05. The van der Waals surface area contributed by atoms with Crippen LogP contribution in [-0.4, -0.2) is 9.55 Å². The molecule has 0 saturated carbocycles. The molecule has 0 amide bonds. The Balaban J connectivity index is 2.44. The number of imidazole rings is 1. The average Bonchev–Trinajstić information content (AvgIpc) is 2.70. The normalized spacial score (nSPS) is 12.7. The van der Waals surface area contributed by atoms with Crippen molar-refractivity contribution in [1.29, 1.82) is 0 Å². The molecule has 2 N–H and O–H groups in total. The summed E-state index contributed by atoms with van der Waals surface area (Å²) in [6, 6.07) is 5.82. The molecule has 0 aliphatic rings. The van der Waals surface area contributed by atoms with Crippen molar-refractivity contribution in [2.45, 2.75) is 13.0 Å². The molecular weight excluding hydrogens is 210 g/mol. The number of rotatable bonds is 2. The summed E-state index contributed by atoms with van der Waals surface area (Å²) in [7, 11) is 0. The lowest BCUT2D eigenvalue weighted by molar-refractivity contribution is 0.817. The number of benzene rings is 1. The standard InChI is InChI=1S/C11H12ClN3/c1-8(13)9-2-3-11(10(12)6-9)15-5-4-14-7-15/h2-8H,13H2,1H3/t8-/m0/s1. The summed E-state index contributed by atoms with van der Waals surface area (Å²) in [5, 5.41) is 0.683. The van der Waals surface area contributed by atoms with Crippen LogP contribution in [0.25, 0.3) is 5.69 Å². The van der Waals surface area contributed by atoms with E-state index in [1.165, 1.54) is 0 Å². The fourth-order valence-corrected chi connectivity index (χ4v) is 1.70. The van der Waals surface area contributed by atoms with Crippen LogP contribution in [0.1, 0.15) is 18.5 Å². The molecule has 0 radical (unpaired) electrons. The zero-order chi connectivity index (χ0) is 10.8. The number of hydrogen-bond donors (Lipinski definition) is 1. The van der Waals surface area contributed by atoms with E-state index in [4.69, 9.17) is 17.3 Å². The van der Waals surface area contributed by atoms with Crippen LogP contribution in [-0.2, 0) is 0 Å². The predicted octanol–water partition coefficient (Wildman–Crippen LogP) is 2.55. The molecule has 0 bridgehead atoms. The van der Waals surface area contributed by atoms with Crippen molar-refractivity contribution >= 4 is 11.6 Å². The second kappa shape index (κ2) is 4.04. The van der Waals surface area contributed by atoms with E-state index in [9.17, 15) is 0 Å². The summed E-state index contributed by atoms with van der Waals surface area (Å²) in [5.74, 6) is 0. The molecule has 0 aliphatic carbocycles. The van der Waals surface area contributed by atoms with Crippen molar-refractivity contribution in [1.82, 2.24) is 9.55 Å². The maximum Gasteiger partial charge on any atom is 0.0992 e. The molecule has 0 fully saturated rings. The Morgan fingerprint density at radius 3 is 2.80 bits per heavy atom. The molecule has 1 heterocycles. The fraction of sp³-hybridized carbons (Fsp3) is 0.182. The van der Waals surface area contributed by atoms with Crippen LogP contribution in [0.4, 0.5) is 0 Å². The minimum atomic E-state index is -0.000614. The molecule has 2 rings (SSSR count). The monoisotopic (exact) mass is 221 g/mol. The Kier molecular flexibility index (Phi) is 2.75. The number of nitrogens with zero attached hydrogens (tertiary/aromatic N) is 2. The highest BCUT2D eigenvalue weighted by molar-refractivity contribution is 6.32. The lowest BCUT2D eigenvalue weighted by atomic mass is 10.1. The smallest absolute Gasteiger partial charge is 0.0992 e. The predicted molar refractivity (Wildman–Crippen MR) is 61.2 cm³/mol. The quantitative estimate of drug-likeness (QED) is 0.847. The van der Waals surface area contributed by atoms with Crippen LogP contribution in [0.3, 0.4) is 0 Å². The van der Waals surface area contributed by atoms with Crippen molar-refractivity contribution in [3.63, 3.8) is 0 Å². The van der Waals surface area contributed by atoms with Crippen LogP contribution in [0, 0.1) is 0 Å². The van der Waals surface area contributed by atoms with Gasteiger partial charge < -0.3 is 10.3 Å². The Bertz CT molecular complexity index is 449. The SMILES string of the molecule is C[C@H](N)c1ccc(-n2ccnc2)c(Cl)c1. The summed E-state index contributed by atoms with van der Waals surface area (Å²) >= 11 is 6.16. The highest BCUT2D eigenvalue weighted by atomic mass is 35.5. The van der Waals surface area contributed by atoms with E-state index in [0.717, 1.165) is 11.3 Å². The van der Waals surface area contributed by atoms with E-state index in [2.05, 4.69) is 4.98 Å². The first kappa shape index (κ1) is 10.2. The number of halogens is 1. The van der Waals surface area contributed by atoms with E-state index < -0.39 is 0 Å². The lowest BCUT2D eigenvalue weighted by Gasteiger charge is -2.09. The van der Waals surface area contributed by atoms with E-state index in [0.29, 0.717) is 5.02 Å². The molecule has 1 aromatic heterocycles. The van der Waals surface area contributed by atoms with E-state index in [-0.39, 0.29) is 6.04 Å². The van der Waals surface area contributed by atoms with Gasteiger partial charge in [-0.15, -0.1) is 0 Å². The van der Waals surface area contributed by atoms with E-state index >= 15 is 0 Å². The molecule has 3 nitrogen and oxygen atoms in total. The summed E-state index contributed by atoms with van der Waals surface area (Å²) in [5.41, 5.74) is 7.72. The Morgan fingerprint density at radius 1 is 1.47 bits per heavy atom. The van der Waals surface area contributed by atoms with Crippen molar-refractivity contribution in [3.05, 3.63) is 47.5 Å². The summed E-state index contributed by atoms with van der Waals surface area (Å²) in [6.07, 6.45) is 5.29. The number of hydrogen-bond acceptors (Lipinski definition) is 2. The molecular formula is C11H12ClN3. The maximum atomic E-state index is 6.16. The first-order valence-electron chi connectivity index (χ1n) is 4.72. The van der Waals surface area contributed by atoms with Gasteiger partial charge in [0.25, 0.3) is 0 Å². The molecule has 1 aromatic carbocycles. The average molecular weight is 222 g/mol. The second-order valence-electron chi connectivity index (χ2n) is 3.47. The number of nitrogens with two attached hydrogens (primary N) is 1. The van der Waals surface area contributed by atoms with E-state index in [1.807, 2.05) is 35.9 Å². The van der Waals surface area contributed by atoms with Crippen LogP contribution >= 0.6 is 11.6 Å². The fourth-order valence-electron chi connectivity index (χ4n) is 1.42. The third-order valence-electron chi connectivity index (χ3n) is 2.28. The zero-order valence-electron chi connectivity index (χ0n) is 8.39. The van der Waals surface area contributed by atoms with Gasteiger partial charge in [0.1, 0.15) is 0 Å². The second-order valence-corrected chi connectivity index (χ2v) is 3.88. The van der Waals surface area contributed by atoms with Crippen LogP contribution < -0.4 is 5.73 Å². The Morgan fingerprint density at radius 2 is 2.27 bits per heavy atom. The highest BCUT2D eigenvalue weighted by Crippen LogP contribution is 2.23. The molecule has 2 aromatic rings. The molecule has 78 valence electrons. The van der Waals surface area contributed by atoms with Gasteiger partial charge in [-0.1, -0.05) is 17.7 Å². The molecule has 1 atom stereocenters. The van der Waals surface area contributed by atoms with Gasteiger partial charge in [-0.05, 0) is 24.6 Å².